The van der Waals surface area contributed by atoms with Gasteiger partial charge in [0.1, 0.15) is 0 Å². The third-order valence-electron chi connectivity index (χ3n) is 8.06. The van der Waals surface area contributed by atoms with E-state index < -0.39 is 319 Å². The Labute approximate surface area is 381 Å². The number of fused-ring (bicyclic) bond motifs is 3. The summed E-state index contributed by atoms with van der Waals surface area (Å²) in [5.74, 6) is 0. The summed E-state index contributed by atoms with van der Waals surface area (Å²) in [5, 5.41) is -1.51. The van der Waals surface area contributed by atoms with Crippen molar-refractivity contribution in [3.8, 4) is 50.2 Å². The fourth-order valence-electron chi connectivity index (χ4n) is 5.63. The number of aromatic nitrogens is 1. The quantitative estimate of drug-likeness (QED) is 0.150. The molecule has 10 aromatic rings. The van der Waals surface area contributed by atoms with Gasteiger partial charge in [0.25, 0.3) is 0 Å². The van der Waals surface area contributed by atoms with Gasteiger partial charge < -0.3 is 9.47 Å². The van der Waals surface area contributed by atoms with E-state index in [1.54, 1.807) is 0 Å². The summed E-state index contributed by atoms with van der Waals surface area (Å²) in [6.07, 6.45) is 0. The van der Waals surface area contributed by atoms with Crippen LogP contribution in [0.4, 0.5) is 17.1 Å². The maximum Gasteiger partial charge on any atom is 0.0651 e. The van der Waals surface area contributed by atoms with E-state index in [4.69, 9.17) is 28.8 Å². The molecule has 2 nitrogen and oxygen atoms in total. The van der Waals surface area contributed by atoms with Gasteiger partial charge in [-0.15, -0.1) is 0 Å². The predicted octanol–water partition coefficient (Wildman–Crippen LogP) is 14.9. The highest BCUT2D eigenvalue weighted by Crippen LogP contribution is 2.43. The Kier molecular flexibility index (Phi) is 3.10. The van der Waals surface area contributed by atoms with Crippen molar-refractivity contribution in [3.63, 3.8) is 0 Å². The molecule has 0 aliphatic carbocycles. The van der Waals surface area contributed by atoms with Crippen LogP contribution in [-0.2, 0) is 0 Å². The van der Waals surface area contributed by atoms with Gasteiger partial charge in [0.15, 0.2) is 0 Å². The van der Waals surface area contributed by atoms with Crippen LogP contribution < -0.4 is 4.90 Å². The number of hydrogen-bond donors (Lipinski definition) is 0. The average Bonchev–Trinajstić information content (AvgIpc) is 1.44. The molecule has 56 heavy (non-hydrogen) atoms. The van der Waals surface area contributed by atoms with Gasteiger partial charge in [-0.05, 0) is 99.4 Å². The van der Waals surface area contributed by atoms with Crippen molar-refractivity contribution >= 4 is 38.9 Å². The summed E-state index contributed by atoms with van der Waals surface area (Å²) < 4.78 is 345. The first-order chi connectivity index (χ1) is 43.6. The molecule has 9 aromatic carbocycles. The van der Waals surface area contributed by atoms with Crippen molar-refractivity contribution in [1.82, 2.24) is 4.57 Å². The van der Waals surface area contributed by atoms with Gasteiger partial charge in [-0.3, -0.25) is 0 Å². The molecule has 0 saturated heterocycles. The number of rotatable bonds is 8. The Morgan fingerprint density at radius 3 is 1.54 bits per heavy atom. The molecule has 0 N–H and O–H groups in total. The minimum absolute atomic E-state index is 0.176. The smallest absolute Gasteiger partial charge is 0.0651 e. The number of hydrogen-bond acceptors (Lipinski definition) is 1. The molecule has 0 atom stereocenters. The average molecular weight is 753 g/mol. The standard InChI is InChI=1S/C54H38N2/c1-4-15-39(16-5-1)41-27-29-43(30-28-41)49-23-10-12-25-52(49)55(47-34-31-42(32-35-47)40-17-6-2-7-18-40)48-22-14-19-44(37-48)45-33-36-54-51(38-45)50-24-11-13-26-53(50)56(54)46-20-8-3-9-21-46/h1-38H/i1D,2D,3D,4D,5D,6D,7D,8D,9D,10D,11D,12D,13D,14D,15D,16D,17D,18D,19D,20D,21D,22D,23D,24D,25D,26D,27D,28D,29D,30D,31D,32D,33D,34D,35D,36D,37D,38D. The number of anilines is 3. The number of para-hydroxylation sites is 3. The molecule has 0 spiro atoms. The SMILES string of the molecule is [2H]c1c([2H])c([2H])c(-c2c([2H])c([2H])c(-c3c([2H])c([2H])c([2H])c([2H])c3N(c3c([2H])c([2H])c(-c4c([2H])c([2H])c([2H])c([2H])c4[2H])c([2H])c3[2H])c3c([2H])c([2H])c([2H])c(-c4c([2H])c([2H])c5c(c4[2H])c4c([2H])c([2H])c([2H])c([2H])c4n5-c4c([2H])c([2H])c([2H])c([2H])c4[2H])c3[2H])c([2H])c2[2H])c([2H])c1[2H]. The molecule has 1 heterocycles. The van der Waals surface area contributed by atoms with Gasteiger partial charge in [-0.1, -0.05) is 169 Å². The lowest BCUT2D eigenvalue weighted by Gasteiger charge is -2.28. The van der Waals surface area contributed by atoms with Crippen molar-refractivity contribution in [1.29, 1.82) is 0 Å². The minimum atomic E-state index is -1.47. The zero-order valence-electron chi connectivity index (χ0n) is 65.9. The molecule has 0 saturated carbocycles. The largest absolute Gasteiger partial charge is 0.310 e. The maximum absolute atomic E-state index is 10.2. The van der Waals surface area contributed by atoms with E-state index in [1.807, 2.05) is 0 Å². The molecule has 2 heteroatoms. The van der Waals surface area contributed by atoms with Crippen LogP contribution in [-0.4, -0.2) is 4.57 Å². The Morgan fingerprint density at radius 2 is 0.821 bits per heavy atom. The summed E-state index contributed by atoms with van der Waals surface area (Å²) in [6, 6.07) is -44.2. The Balaban J connectivity index is 1.44. The molecule has 264 valence electrons. The number of benzene rings is 9. The molecule has 0 aliphatic heterocycles. The summed E-state index contributed by atoms with van der Waals surface area (Å²) >= 11 is 0. The summed E-state index contributed by atoms with van der Waals surface area (Å²) in [5.41, 5.74) is -15.0. The first kappa shape index (κ1) is 12.0. The van der Waals surface area contributed by atoms with Crippen LogP contribution in [0.15, 0.2) is 230 Å². The second kappa shape index (κ2) is 14.4. The van der Waals surface area contributed by atoms with Gasteiger partial charge in [-0.25, -0.2) is 0 Å². The molecule has 0 fully saturated rings. The maximum atomic E-state index is 10.2. The van der Waals surface area contributed by atoms with Gasteiger partial charge >= 0.3 is 0 Å². The van der Waals surface area contributed by atoms with Gasteiger partial charge in [-0.2, -0.15) is 0 Å². The molecule has 0 amide bonds. The number of nitrogens with zero attached hydrogens (tertiary/aromatic N) is 2. The third kappa shape index (κ3) is 6.14. The Morgan fingerprint density at radius 1 is 0.321 bits per heavy atom. The van der Waals surface area contributed by atoms with Crippen molar-refractivity contribution in [3.05, 3.63) is 230 Å². The zero-order chi connectivity index (χ0) is 70.3. The van der Waals surface area contributed by atoms with E-state index in [1.165, 1.54) is 0 Å². The molecule has 0 radical (unpaired) electrons. The highest BCUT2D eigenvalue weighted by Gasteiger charge is 2.19. The highest BCUT2D eigenvalue weighted by atomic mass is 15.1. The molecule has 1 aromatic heterocycles. The first-order valence-corrected chi connectivity index (χ1v) is 16.1. The van der Waals surface area contributed by atoms with E-state index in [0.717, 1.165) is 0 Å². The molecular formula is C54H38N2. The summed E-state index contributed by atoms with van der Waals surface area (Å²) in [7, 11) is 0. The normalized spacial score (nSPS) is 20.7. The van der Waals surface area contributed by atoms with Crippen molar-refractivity contribution in [2.45, 2.75) is 0 Å². The summed E-state index contributed by atoms with van der Waals surface area (Å²) in [6.45, 7) is 0. The van der Waals surface area contributed by atoms with Gasteiger partial charge in [0, 0.05) is 33.4 Å². The summed E-state index contributed by atoms with van der Waals surface area (Å²) in [4.78, 5) is 0.176. The predicted molar refractivity (Wildman–Crippen MR) is 237 cm³/mol. The van der Waals surface area contributed by atoms with Crippen LogP contribution in [0, 0.1) is 0 Å². The molecule has 0 bridgehead atoms. The van der Waals surface area contributed by atoms with E-state index in [-0.39, 0.29) is 4.90 Å². The lowest BCUT2D eigenvalue weighted by Crippen LogP contribution is -2.11. The fraction of sp³-hybridized carbons (Fsp3) is 0. The van der Waals surface area contributed by atoms with Crippen LogP contribution in [0.1, 0.15) is 52.1 Å². The molecular weight excluding hydrogens is 677 g/mol. The van der Waals surface area contributed by atoms with Crippen molar-refractivity contribution < 1.29 is 52.1 Å². The van der Waals surface area contributed by atoms with E-state index >= 15 is 0 Å². The van der Waals surface area contributed by atoms with E-state index in [2.05, 4.69) is 0 Å². The molecule has 10 rings (SSSR count). The Bertz CT molecular complexity index is 5040. The topological polar surface area (TPSA) is 8.17 Å². The second-order valence-electron chi connectivity index (χ2n) is 11.3. The van der Waals surface area contributed by atoms with Crippen LogP contribution in [0.3, 0.4) is 0 Å². The van der Waals surface area contributed by atoms with Gasteiger partial charge in [0.05, 0.1) is 68.8 Å². The van der Waals surface area contributed by atoms with Crippen LogP contribution in [0.5, 0.6) is 0 Å². The lowest BCUT2D eigenvalue weighted by molar-refractivity contribution is 1.18. The minimum Gasteiger partial charge on any atom is -0.310 e. The monoisotopic (exact) mass is 753 g/mol. The van der Waals surface area contributed by atoms with Gasteiger partial charge in [0.2, 0.25) is 0 Å². The molecule has 0 unspecified atom stereocenters. The van der Waals surface area contributed by atoms with Crippen LogP contribution in [0.2, 0.25) is 0 Å². The van der Waals surface area contributed by atoms with Crippen molar-refractivity contribution in [2.24, 2.45) is 0 Å². The first-order valence-electron chi connectivity index (χ1n) is 35.1. The second-order valence-corrected chi connectivity index (χ2v) is 11.3. The van der Waals surface area contributed by atoms with Crippen molar-refractivity contribution in [2.75, 3.05) is 4.90 Å². The zero-order valence-corrected chi connectivity index (χ0v) is 27.9. The lowest BCUT2D eigenvalue weighted by atomic mass is 9.97. The van der Waals surface area contributed by atoms with E-state index in [0.29, 0.717) is 4.57 Å². The van der Waals surface area contributed by atoms with Crippen LogP contribution in [0.25, 0.3) is 72.0 Å². The fourth-order valence-corrected chi connectivity index (χ4v) is 5.63. The third-order valence-corrected chi connectivity index (χ3v) is 8.06. The highest BCUT2D eigenvalue weighted by molar-refractivity contribution is 6.10. The Hall–Kier alpha value is -7.42. The molecule has 0 aliphatic rings. The van der Waals surface area contributed by atoms with Crippen LogP contribution >= 0.6 is 0 Å². The van der Waals surface area contributed by atoms with E-state index in [9.17, 15) is 23.3 Å².